The van der Waals surface area contributed by atoms with E-state index in [2.05, 4.69) is 16.4 Å². The van der Waals surface area contributed by atoms with Gasteiger partial charge in [-0.05, 0) is 55.3 Å². The van der Waals surface area contributed by atoms with Gasteiger partial charge in [0, 0.05) is 15.9 Å². The Morgan fingerprint density at radius 3 is 2.73 bits per heavy atom. The van der Waals surface area contributed by atoms with Crippen LogP contribution >= 0.6 is 11.6 Å². The Morgan fingerprint density at radius 2 is 1.95 bits per heavy atom. The first kappa shape index (κ1) is 14.5. The Hall–Kier alpha value is -2.46. The molecule has 4 nitrogen and oxygen atoms in total. The van der Waals surface area contributed by atoms with Gasteiger partial charge in [-0.25, -0.2) is 0 Å². The predicted molar refractivity (Wildman–Crippen MR) is 88.8 cm³/mol. The minimum absolute atomic E-state index is 0.0270. The van der Waals surface area contributed by atoms with E-state index < -0.39 is 0 Å². The molecule has 0 aliphatic heterocycles. The molecule has 0 saturated carbocycles. The van der Waals surface area contributed by atoms with Gasteiger partial charge in [0.1, 0.15) is 11.4 Å². The van der Waals surface area contributed by atoms with Crippen LogP contribution in [0.25, 0.3) is 10.9 Å². The molecule has 22 heavy (non-hydrogen) atoms. The molecule has 0 atom stereocenters. The van der Waals surface area contributed by atoms with Crippen molar-refractivity contribution in [1.29, 1.82) is 0 Å². The third-order valence-electron chi connectivity index (χ3n) is 3.54. The van der Waals surface area contributed by atoms with E-state index in [0.29, 0.717) is 10.7 Å². The number of hydrogen-bond donors (Lipinski definition) is 3. The lowest BCUT2D eigenvalue weighted by molar-refractivity contribution is 0.102. The van der Waals surface area contributed by atoms with E-state index in [-0.39, 0.29) is 17.3 Å². The molecule has 0 unspecified atom stereocenters. The second-order valence-corrected chi connectivity index (χ2v) is 5.78. The fourth-order valence-electron chi connectivity index (χ4n) is 2.52. The molecule has 3 N–H and O–H groups in total. The maximum absolute atomic E-state index is 12.3. The van der Waals surface area contributed by atoms with Crippen LogP contribution in [-0.4, -0.2) is 16.0 Å². The van der Waals surface area contributed by atoms with Gasteiger partial charge in [0.2, 0.25) is 0 Å². The van der Waals surface area contributed by atoms with Crippen LogP contribution in [0.3, 0.4) is 0 Å². The van der Waals surface area contributed by atoms with E-state index in [9.17, 15) is 9.90 Å². The second kappa shape index (κ2) is 5.39. The Labute approximate surface area is 132 Å². The number of carbonyl (C=O) groups excluding carboxylic acids is 1. The Balaban J connectivity index is 1.95. The maximum Gasteiger partial charge on any atom is 0.272 e. The summed E-state index contributed by atoms with van der Waals surface area (Å²) in [6.07, 6.45) is 0. The molecule has 0 saturated heterocycles. The smallest absolute Gasteiger partial charge is 0.272 e. The molecular formula is C17H15ClN2O2. The van der Waals surface area contributed by atoms with Crippen molar-refractivity contribution in [3.8, 4) is 5.75 Å². The van der Waals surface area contributed by atoms with Crippen molar-refractivity contribution in [2.24, 2.45) is 0 Å². The quantitative estimate of drug-likeness (QED) is 0.614. The van der Waals surface area contributed by atoms with E-state index in [1.165, 1.54) is 12.1 Å². The lowest BCUT2D eigenvalue weighted by Crippen LogP contribution is -2.12. The number of H-pyrrole nitrogens is 1. The summed E-state index contributed by atoms with van der Waals surface area (Å²) in [5.41, 5.74) is 3.87. The van der Waals surface area contributed by atoms with Crippen LogP contribution in [0.1, 0.15) is 21.6 Å². The van der Waals surface area contributed by atoms with Crippen LogP contribution in [0, 0.1) is 13.8 Å². The number of benzene rings is 2. The van der Waals surface area contributed by atoms with Crippen LogP contribution in [0.2, 0.25) is 5.02 Å². The highest BCUT2D eigenvalue weighted by Crippen LogP contribution is 2.27. The highest BCUT2D eigenvalue weighted by molar-refractivity contribution is 6.31. The number of nitrogens with one attached hydrogen (secondary N) is 2. The second-order valence-electron chi connectivity index (χ2n) is 5.34. The Bertz CT molecular complexity index is 884. The lowest BCUT2D eigenvalue weighted by atomic mass is 10.1. The maximum atomic E-state index is 12.3. The largest absolute Gasteiger partial charge is 0.506 e. The summed E-state index contributed by atoms with van der Waals surface area (Å²) in [5, 5.41) is 13.9. The zero-order chi connectivity index (χ0) is 15.9. The van der Waals surface area contributed by atoms with Gasteiger partial charge in [0.05, 0.1) is 5.69 Å². The average Bonchev–Trinajstić information content (AvgIpc) is 2.87. The number of fused-ring (bicyclic) bond motifs is 1. The van der Waals surface area contributed by atoms with Gasteiger partial charge in [-0.15, -0.1) is 0 Å². The molecule has 0 bridgehead atoms. The number of carbonyl (C=O) groups is 1. The van der Waals surface area contributed by atoms with Crippen LogP contribution in [-0.2, 0) is 0 Å². The van der Waals surface area contributed by atoms with Crippen molar-refractivity contribution >= 4 is 34.1 Å². The molecule has 0 aliphatic carbocycles. The van der Waals surface area contributed by atoms with Crippen LogP contribution in [0.15, 0.2) is 36.4 Å². The van der Waals surface area contributed by atoms with E-state index >= 15 is 0 Å². The summed E-state index contributed by atoms with van der Waals surface area (Å²) in [6, 6.07) is 10.4. The van der Waals surface area contributed by atoms with E-state index in [1.54, 1.807) is 12.1 Å². The molecule has 1 heterocycles. The number of aromatic amines is 1. The zero-order valence-corrected chi connectivity index (χ0v) is 13.0. The predicted octanol–water partition coefficient (Wildman–Crippen LogP) is 4.40. The fourth-order valence-corrected chi connectivity index (χ4v) is 2.69. The monoisotopic (exact) mass is 314 g/mol. The number of aromatic nitrogens is 1. The highest BCUT2D eigenvalue weighted by Gasteiger charge is 2.13. The van der Waals surface area contributed by atoms with Gasteiger partial charge >= 0.3 is 0 Å². The summed E-state index contributed by atoms with van der Waals surface area (Å²) in [4.78, 5) is 15.5. The third kappa shape index (κ3) is 2.65. The van der Waals surface area contributed by atoms with Crippen LogP contribution in [0.4, 0.5) is 5.69 Å². The lowest BCUT2D eigenvalue weighted by Gasteiger charge is -2.06. The molecule has 1 aromatic heterocycles. The molecule has 0 fully saturated rings. The van der Waals surface area contributed by atoms with Crippen molar-refractivity contribution in [2.75, 3.05) is 5.32 Å². The minimum atomic E-state index is -0.328. The molecule has 0 radical (unpaired) electrons. The molecular weight excluding hydrogens is 300 g/mol. The van der Waals surface area contributed by atoms with E-state index in [1.807, 2.05) is 19.9 Å². The number of aryl methyl sites for hydroxylation is 2. The summed E-state index contributed by atoms with van der Waals surface area (Å²) < 4.78 is 0. The molecule has 112 valence electrons. The van der Waals surface area contributed by atoms with Gasteiger partial charge in [-0.2, -0.15) is 0 Å². The normalized spacial score (nSPS) is 10.9. The number of rotatable bonds is 2. The van der Waals surface area contributed by atoms with Gasteiger partial charge in [0.15, 0.2) is 0 Å². The van der Waals surface area contributed by atoms with Gasteiger partial charge in [-0.3, -0.25) is 4.79 Å². The number of anilines is 1. The third-order valence-corrected chi connectivity index (χ3v) is 3.78. The Morgan fingerprint density at radius 1 is 1.18 bits per heavy atom. The van der Waals surface area contributed by atoms with Crippen molar-refractivity contribution in [1.82, 2.24) is 4.98 Å². The van der Waals surface area contributed by atoms with Crippen molar-refractivity contribution in [2.45, 2.75) is 13.8 Å². The molecule has 0 aliphatic rings. The summed E-state index contributed by atoms with van der Waals surface area (Å²) in [7, 11) is 0. The first-order valence-electron chi connectivity index (χ1n) is 6.84. The molecule has 5 heteroatoms. The van der Waals surface area contributed by atoms with Crippen molar-refractivity contribution in [3.05, 3.63) is 58.2 Å². The number of hydrogen-bond acceptors (Lipinski definition) is 2. The molecule has 2 aromatic carbocycles. The summed E-state index contributed by atoms with van der Waals surface area (Å²) in [5.74, 6) is -0.355. The number of halogens is 1. The van der Waals surface area contributed by atoms with Gasteiger partial charge in [0.25, 0.3) is 5.91 Å². The van der Waals surface area contributed by atoms with E-state index in [4.69, 9.17) is 11.6 Å². The number of phenolic OH excluding ortho intramolecular Hbond substituents is 1. The van der Waals surface area contributed by atoms with Crippen LogP contribution in [0.5, 0.6) is 5.75 Å². The van der Waals surface area contributed by atoms with Crippen molar-refractivity contribution < 1.29 is 9.90 Å². The van der Waals surface area contributed by atoms with Gasteiger partial charge < -0.3 is 15.4 Å². The fraction of sp³-hybridized carbons (Fsp3) is 0.118. The van der Waals surface area contributed by atoms with Crippen molar-refractivity contribution in [3.63, 3.8) is 0 Å². The highest BCUT2D eigenvalue weighted by atomic mass is 35.5. The number of phenols is 1. The standard InChI is InChI=1S/C17H15ClN2O2/c1-9-5-10(2)12-8-15(19-13(12)6-9)17(22)20-14-7-11(18)3-4-16(14)21/h3-8,19,21H,1-2H3,(H,20,22). The molecule has 3 rings (SSSR count). The zero-order valence-electron chi connectivity index (χ0n) is 12.2. The first-order chi connectivity index (χ1) is 10.4. The number of aromatic hydroxyl groups is 1. The summed E-state index contributed by atoms with van der Waals surface area (Å²) >= 11 is 5.88. The molecule has 3 aromatic rings. The topological polar surface area (TPSA) is 65.1 Å². The minimum Gasteiger partial charge on any atom is -0.506 e. The van der Waals surface area contributed by atoms with Crippen LogP contribution < -0.4 is 5.32 Å². The summed E-state index contributed by atoms with van der Waals surface area (Å²) in [6.45, 7) is 4.02. The molecule has 0 spiro atoms. The van der Waals surface area contributed by atoms with Gasteiger partial charge in [-0.1, -0.05) is 17.7 Å². The SMILES string of the molecule is Cc1cc(C)c2cc(C(=O)Nc3cc(Cl)ccc3O)[nH]c2c1. The first-order valence-corrected chi connectivity index (χ1v) is 7.21. The number of amides is 1. The Kier molecular flexibility index (Phi) is 3.54. The molecule has 1 amide bonds. The average molecular weight is 315 g/mol. The van der Waals surface area contributed by atoms with E-state index in [0.717, 1.165) is 22.0 Å².